The summed E-state index contributed by atoms with van der Waals surface area (Å²) >= 11 is 0. The fraction of sp³-hybridized carbons (Fsp3) is 0.200. The zero-order valence-corrected chi connectivity index (χ0v) is 14.6. The Morgan fingerprint density at radius 3 is 2.58 bits per heavy atom. The number of fused-ring (bicyclic) bond motifs is 3. The number of aliphatic imine (C=N–C) groups is 1. The van der Waals surface area contributed by atoms with Crippen LogP contribution in [0, 0.1) is 6.92 Å². The van der Waals surface area contributed by atoms with Crippen LogP contribution in [-0.4, -0.2) is 33.6 Å². The molecule has 6 heteroatoms. The molecule has 0 radical (unpaired) electrons. The number of nitrogens with zero attached hydrogens (tertiary/aromatic N) is 4. The number of benzene rings is 2. The van der Waals surface area contributed by atoms with Gasteiger partial charge in [-0.05, 0) is 13.0 Å². The molecule has 1 aromatic heterocycles. The van der Waals surface area contributed by atoms with Crippen molar-refractivity contribution in [2.75, 3.05) is 7.11 Å². The minimum Gasteiger partial charge on any atom is -0.469 e. The fourth-order valence-corrected chi connectivity index (χ4v) is 3.25. The average Bonchev–Trinajstić information content (AvgIpc) is 3.00. The van der Waals surface area contributed by atoms with Gasteiger partial charge in [-0.1, -0.05) is 48.5 Å². The van der Waals surface area contributed by atoms with Gasteiger partial charge in [0.2, 0.25) is 0 Å². The first kappa shape index (κ1) is 16.2. The topological polar surface area (TPSA) is 69.4 Å². The van der Waals surface area contributed by atoms with Crippen molar-refractivity contribution in [1.29, 1.82) is 0 Å². The summed E-state index contributed by atoms with van der Waals surface area (Å²) < 4.78 is 6.84. The van der Waals surface area contributed by atoms with Gasteiger partial charge in [0, 0.05) is 11.1 Å². The third kappa shape index (κ3) is 2.69. The molecule has 0 aliphatic carbocycles. The molecule has 1 aliphatic heterocycles. The first-order chi connectivity index (χ1) is 12.7. The van der Waals surface area contributed by atoms with E-state index in [9.17, 15) is 4.79 Å². The third-order valence-corrected chi connectivity index (χ3v) is 4.47. The maximum Gasteiger partial charge on any atom is 0.308 e. The molecule has 0 fully saturated rings. The molecule has 1 aliphatic rings. The van der Waals surface area contributed by atoms with Gasteiger partial charge in [0.25, 0.3) is 0 Å². The van der Waals surface area contributed by atoms with E-state index in [0.29, 0.717) is 5.82 Å². The number of carbonyl (C=O) groups excluding carboxylic acids is 1. The average molecular weight is 346 g/mol. The Hall–Kier alpha value is -3.28. The number of hydrogen-bond acceptors (Lipinski definition) is 5. The molecule has 0 spiro atoms. The van der Waals surface area contributed by atoms with E-state index in [1.807, 2.05) is 66.1 Å². The molecule has 0 unspecified atom stereocenters. The number of hydrogen-bond donors (Lipinski definition) is 0. The van der Waals surface area contributed by atoms with E-state index in [1.165, 1.54) is 7.11 Å². The standard InChI is InChI=1S/C20H18N4O2/c1-13-22-23-20-16(12-18(25)26-2)21-19(14-8-4-3-5-9-14)15-10-6-7-11-17(15)24(13)20/h3-11,16H,12H2,1-2H3/t16-/m0/s1. The largest absolute Gasteiger partial charge is 0.469 e. The second-order valence-electron chi connectivity index (χ2n) is 6.10. The Morgan fingerprint density at radius 2 is 1.81 bits per heavy atom. The number of methoxy groups -OCH3 is 1. The minimum atomic E-state index is -0.466. The van der Waals surface area contributed by atoms with Gasteiger partial charge in [-0.15, -0.1) is 10.2 Å². The monoisotopic (exact) mass is 346 g/mol. The van der Waals surface area contributed by atoms with Crippen molar-refractivity contribution in [3.63, 3.8) is 0 Å². The zero-order valence-electron chi connectivity index (χ0n) is 14.6. The fourth-order valence-electron chi connectivity index (χ4n) is 3.25. The van der Waals surface area contributed by atoms with Gasteiger partial charge < -0.3 is 4.74 Å². The Bertz CT molecular complexity index is 992. The van der Waals surface area contributed by atoms with Crippen molar-refractivity contribution in [3.8, 4) is 5.69 Å². The van der Waals surface area contributed by atoms with Crippen LogP contribution >= 0.6 is 0 Å². The number of para-hydroxylation sites is 1. The Morgan fingerprint density at radius 1 is 1.08 bits per heavy atom. The van der Waals surface area contributed by atoms with Crippen molar-refractivity contribution in [1.82, 2.24) is 14.8 Å². The molecule has 26 heavy (non-hydrogen) atoms. The highest BCUT2D eigenvalue weighted by molar-refractivity contribution is 6.15. The first-order valence-electron chi connectivity index (χ1n) is 8.40. The van der Waals surface area contributed by atoms with Crippen LogP contribution in [0.1, 0.15) is 35.2 Å². The van der Waals surface area contributed by atoms with Gasteiger partial charge in [0.05, 0.1) is 24.9 Å². The number of aryl methyl sites for hydroxylation is 1. The molecule has 2 aromatic carbocycles. The van der Waals surface area contributed by atoms with Gasteiger partial charge in [0.15, 0.2) is 5.82 Å². The van der Waals surface area contributed by atoms with E-state index in [2.05, 4.69) is 10.2 Å². The summed E-state index contributed by atoms with van der Waals surface area (Å²) in [5.41, 5.74) is 3.77. The quantitative estimate of drug-likeness (QED) is 0.684. The Labute approximate surface area is 151 Å². The van der Waals surface area contributed by atoms with E-state index < -0.39 is 6.04 Å². The van der Waals surface area contributed by atoms with Crippen molar-refractivity contribution in [2.45, 2.75) is 19.4 Å². The van der Waals surface area contributed by atoms with Gasteiger partial charge in [-0.2, -0.15) is 0 Å². The maximum atomic E-state index is 12.0. The van der Waals surface area contributed by atoms with Crippen LogP contribution in [0.4, 0.5) is 0 Å². The lowest BCUT2D eigenvalue weighted by Crippen LogP contribution is -2.12. The van der Waals surface area contributed by atoms with Gasteiger partial charge in [-0.25, -0.2) is 0 Å². The highest BCUT2D eigenvalue weighted by Gasteiger charge is 2.29. The van der Waals surface area contributed by atoms with Gasteiger partial charge in [-0.3, -0.25) is 14.4 Å². The molecule has 0 saturated carbocycles. The van der Waals surface area contributed by atoms with Crippen molar-refractivity contribution < 1.29 is 9.53 Å². The summed E-state index contributed by atoms with van der Waals surface area (Å²) in [6.07, 6.45) is 0.110. The second-order valence-corrected chi connectivity index (χ2v) is 6.10. The van der Waals surface area contributed by atoms with Crippen LogP contribution in [0.25, 0.3) is 5.69 Å². The van der Waals surface area contributed by atoms with E-state index in [4.69, 9.17) is 9.73 Å². The summed E-state index contributed by atoms with van der Waals surface area (Å²) in [5.74, 6) is 1.07. The number of ether oxygens (including phenoxy) is 1. The summed E-state index contributed by atoms with van der Waals surface area (Å²) in [4.78, 5) is 16.9. The highest BCUT2D eigenvalue weighted by atomic mass is 16.5. The van der Waals surface area contributed by atoms with E-state index >= 15 is 0 Å². The Kier molecular flexibility index (Phi) is 4.08. The lowest BCUT2D eigenvalue weighted by molar-refractivity contribution is -0.141. The van der Waals surface area contributed by atoms with Crippen molar-refractivity contribution in [3.05, 3.63) is 77.4 Å². The summed E-state index contributed by atoms with van der Waals surface area (Å²) in [6.45, 7) is 1.90. The molecule has 0 saturated heterocycles. The lowest BCUT2D eigenvalue weighted by Gasteiger charge is -2.12. The van der Waals surface area contributed by atoms with Gasteiger partial charge >= 0.3 is 5.97 Å². The normalized spacial score (nSPS) is 15.5. The van der Waals surface area contributed by atoms with E-state index in [0.717, 1.165) is 28.4 Å². The number of esters is 1. The Balaban J connectivity index is 1.98. The van der Waals surface area contributed by atoms with Crippen molar-refractivity contribution >= 4 is 11.7 Å². The first-order valence-corrected chi connectivity index (χ1v) is 8.40. The van der Waals surface area contributed by atoms with Crippen LogP contribution in [0.5, 0.6) is 0 Å². The number of carbonyl (C=O) groups is 1. The maximum absolute atomic E-state index is 12.0. The molecule has 6 nitrogen and oxygen atoms in total. The minimum absolute atomic E-state index is 0.110. The lowest BCUT2D eigenvalue weighted by atomic mass is 10.0. The van der Waals surface area contributed by atoms with Crippen molar-refractivity contribution in [2.24, 2.45) is 4.99 Å². The molecular weight excluding hydrogens is 328 g/mol. The molecule has 4 rings (SSSR count). The third-order valence-electron chi connectivity index (χ3n) is 4.47. The SMILES string of the molecule is COC(=O)C[C@@H]1N=C(c2ccccc2)c2ccccc2-n2c(C)nnc21. The van der Waals surface area contributed by atoms with Crippen LogP contribution < -0.4 is 0 Å². The zero-order chi connectivity index (χ0) is 18.1. The molecule has 130 valence electrons. The van der Waals surface area contributed by atoms with E-state index in [-0.39, 0.29) is 12.4 Å². The molecule has 0 N–H and O–H groups in total. The molecule has 3 aromatic rings. The summed E-state index contributed by atoms with van der Waals surface area (Å²) in [5, 5.41) is 8.52. The smallest absolute Gasteiger partial charge is 0.308 e. The van der Waals surface area contributed by atoms with Crippen LogP contribution in [0.2, 0.25) is 0 Å². The molecule has 2 heterocycles. The summed E-state index contributed by atoms with van der Waals surface area (Å²) in [6, 6.07) is 17.5. The van der Waals surface area contributed by atoms with Crippen LogP contribution in [-0.2, 0) is 9.53 Å². The summed E-state index contributed by atoms with van der Waals surface area (Å²) in [7, 11) is 1.38. The predicted molar refractivity (Wildman–Crippen MR) is 97.6 cm³/mol. The number of rotatable bonds is 3. The van der Waals surface area contributed by atoms with Gasteiger partial charge in [0.1, 0.15) is 11.9 Å². The second kappa shape index (κ2) is 6.55. The molecule has 0 amide bonds. The van der Waals surface area contributed by atoms with Crippen LogP contribution in [0.15, 0.2) is 59.6 Å². The highest BCUT2D eigenvalue weighted by Crippen LogP contribution is 2.32. The molecule has 1 atom stereocenters. The predicted octanol–water partition coefficient (Wildman–Crippen LogP) is 3.03. The molecular formula is C20H18N4O2. The van der Waals surface area contributed by atoms with E-state index in [1.54, 1.807) is 0 Å². The van der Waals surface area contributed by atoms with Crippen LogP contribution in [0.3, 0.4) is 0 Å². The molecule has 0 bridgehead atoms. The number of aromatic nitrogens is 3.